The second kappa shape index (κ2) is 20.6. The summed E-state index contributed by atoms with van der Waals surface area (Å²) in [5.74, 6) is 0. The van der Waals surface area contributed by atoms with Gasteiger partial charge in [0.25, 0.3) is 0 Å². The molecule has 2 rings (SSSR count). The van der Waals surface area contributed by atoms with Crippen LogP contribution in [0.15, 0.2) is 35.5 Å². The first-order valence-corrected chi connectivity index (χ1v) is 9.98. The third-order valence-corrected chi connectivity index (χ3v) is 1.74. The number of rotatable bonds is 0. The van der Waals surface area contributed by atoms with Crippen molar-refractivity contribution in [2.75, 3.05) is 0 Å². The topological polar surface area (TPSA) is 40.5 Å². The van der Waals surface area contributed by atoms with Gasteiger partial charge in [0.2, 0.25) is 0 Å². The van der Waals surface area contributed by atoms with Gasteiger partial charge in [-0.1, -0.05) is 0 Å². The predicted octanol–water partition coefficient (Wildman–Crippen LogP) is 4.13. The SMILES string of the molecule is CC(C)O.CC(C)O.CC1=CC[C-]=C1.CC1=CC[C-]=C1.[CH2]=[Hf+2]. The number of hydrogen-bond donors (Lipinski definition) is 2. The first-order chi connectivity index (χ1) is 10.3. The van der Waals surface area contributed by atoms with E-state index in [0.29, 0.717) is 0 Å². The fourth-order valence-corrected chi connectivity index (χ4v) is 0.998. The van der Waals surface area contributed by atoms with Gasteiger partial charge in [0, 0.05) is 12.2 Å². The molecule has 0 aliphatic heterocycles. The number of hydrogen-bond acceptors (Lipinski definition) is 2. The molecule has 2 N–H and O–H groups in total. The van der Waals surface area contributed by atoms with Crippen LogP contribution in [0.25, 0.3) is 0 Å². The second-order valence-electron chi connectivity index (χ2n) is 5.19. The summed E-state index contributed by atoms with van der Waals surface area (Å²) in [6.45, 7) is 11.1. The van der Waals surface area contributed by atoms with E-state index in [0.717, 1.165) is 36.7 Å². The van der Waals surface area contributed by atoms with Crippen molar-refractivity contribution in [1.29, 1.82) is 0 Å². The van der Waals surface area contributed by atoms with Gasteiger partial charge in [-0.05, 0) is 27.7 Å². The predicted molar refractivity (Wildman–Crippen MR) is 94.2 cm³/mol. The molecule has 0 atom stereocenters. The van der Waals surface area contributed by atoms with Crippen molar-refractivity contribution in [3.63, 3.8) is 0 Å². The Balaban J connectivity index is -0.000000215. The van der Waals surface area contributed by atoms with Gasteiger partial charge in [0.05, 0.1) is 0 Å². The monoisotopic (exact) mass is 472 g/mol. The molecule has 0 saturated carbocycles. The molecule has 0 spiro atoms. The van der Waals surface area contributed by atoms with E-state index in [9.17, 15) is 0 Å². The zero-order valence-electron chi connectivity index (χ0n) is 15.0. The number of aliphatic hydroxyl groups is 2. The molecule has 0 unspecified atom stereocenters. The standard InChI is InChI=1S/2C6H7.2C3H8O.CH2.Hf/c2*1-6-4-2-3-5-6;2*1-3(2)4;;/h2*4-5H,2H2,1H3;2*3-4H,1-2H3;1H2;/q2*-1;;;;+2. The van der Waals surface area contributed by atoms with Gasteiger partial charge in [-0.15, -0.1) is 26.7 Å². The van der Waals surface area contributed by atoms with Crippen LogP contribution in [-0.2, 0) is 23.9 Å². The van der Waals surface area contributed by atoms with Crippen molar-refractivity contribution < 1.29 is 34.1 Å². The van der Waals surface area contributed by atoms with Gasteiger partial charge in [-0.2, -0.15) is 12.2 Å². The summed E-state index contributed by atoms with van der Waals surface area (Å²) in [5.41, 5.74) is 2.69. The Morgan fingerprint density at radius 3 is 1.14 bits per heavy atom. The van der Waals surface area contributed by atoms with Crippen LogP contribution in [0, 0.1) is 12.2 Å². The molecule has 2 nitrogen and oxygen atoms in total. The molecule has 124 valence electrons. The quantitative estimate of drug-likeness (QED) is 0.413. The minimum atomic E-state index is -0.167. The van der Waals surface area contributed by atoms with Gasteiger partial charge in [-0.25, -0.2) is 23.3 Å². The van der Waals surface area contributed by atoms with E-state index in [1.165, 1.54) is 11.1 Å². The van der Waals surface area contributed by atoms with Crippen LogP contribution in [0.3, 0.4) is 0 Å². The molecular weight excluding hydrogens is 439 g/mol. The Kier molecular flexibility index (Phi) is 24.9. The number of aliphatic hydroxyl groups excluding tert-OH is 2. The Morgan fingerprint density at radius 2 is 1.09 bits per heavy atom. The normalized spacial score (nSPS) is 13.6. The molecule has 3 heteroatoms. The molecule has 0 radical (unpaired) electrons. The third-order valence-electron chi connectivity index (χ3n) is 1.74. The van der Waals surface area contributed by atoms with E-state index in [4.69, 9.17) is 10.2 Å². The maximum absolute atomic E-state index is 8.06. The van der Waals surface area contributed by atoms with Crippen LogP contribution in [0.1, 0.15) is 54.4 Å². The van der Waals surface area contributed by atoms with Crippen LogP contribution >= 0.6 is 0 Å². The summed E-state index contributed by atoms with van der Waals surface area (Å²) in [4.78, 5) is 0. The van der Waals surface area contributed by atoms with Crippen LogP contribution in [-0.4, -0.2) is 26.7 Å². The van der Waals surface area contributed by atoms with Crippen LogP contribution < -0.4 is 0 Å². The second-order valence-corrected chi connectivity index (χ2v) is 5.19. The number of allylic oxidation sites excluding steroid dienone is 8. The van der Waals surface area contributed by atoms with E-state index in [2.05, 4.69) is 42.4 Å². The fourth-order valence-electron chi connectivity index (χ4n) is 0.998. The van der Waals surface area contributed by atoms with E-state index in [1.807, 2.05) is 12.2 Å². The van der Waals surface area contributed by atoms with Gasteiger partial charge >= 0.3 is 28.2 Å². The third kappa shape index (κ3) is 36.7. The van der Waals surface area contributed by atoms with Crippen LogP contribution in [0.4, 0.5) is 0 Å². The first kappa shape index (κ1) is 26.5. The molecule has 0 saturated heterocycles. The molecule has 0 amide bonds. The Hall–Kier alpha value is -0.380. The minimum absolute atomic E-state index is 0.167. The van der Waals surface area contributed by atoms with Crippen LogP contribution in [0.5, 0.6) is 0 Å². The average molecular weight is 471 g/mol. The average Bonchev–Trinajstić information content (AvgIpc) is 3.05. The molecular formula is C19H32HfO2. The zero-order chi connectivity index (χ0) is 18.0. The van der Waals surface area contributed by atoms with Gasteiger partial charge in [-0.3, -0.25) is 12.2 Å². The molecule has 0 aromatic carbocycles. The van der Waals surface area contributed by atoms with Crippen molar-refractivity contribution >= 4 is 4.26 Å². The van der Waals surface area contributed by atoms with Crippen molar-refractivity contribution in [3.05, 3.63) is 47.6 Å². The molecule has 22 heavy (non-hydrogen) atoms. The molecule has 0 bridgehead atoms. The summed E-state index contributed by atoms with van der Waals surface area (Å²) >= 11 is 1.06. The van der Waals surface area contributed by atoms with Crippen molar-refractivity contribution in [1.82, 2.24) is 0 Å². The zero-order valence-corrected chi connectivity index (χ0v) is 18.6. The van der Waals surface area contributed by atoms with Gasteiger partial charge in [0.1, 0.15) is 0 Å². The molecule has 0 fully saturated rings. The van der Waals surface area contributed by atoms with Crippen molar-refractivity contribution in [3.8, 4) is 0 Å². The summed E-state index contributed by atoms with van der Waals surface area (Å²) < 4.78 is 3.39. The van der Waals surface area contributed by atoms with E-state index >= 15 is 0 Å². The summed E-state index contributed by atoms with van der Waals surface area (Å²) in [5, 5.41) is 16.1. The Bertz CT molecular complexity index is 305. The van der Waals surface area contributed by atoms with Gasteiger partial charge in [0.15, 0.2) is 0 Å². The van der Waals surface area contributed by atoms with Crippen molar-refractivity contribution in [2.45, 2.75) is 66.6 Å². The van der Waals surface area contributed by atoms with Crippen molar-refractivity contribution in [2.24, 2.45) is 0 Å². The van der Waals surface area contributed by atoms with E-state index < -0.39 is 0 Å². The van der Waals surface area contributed by atoms with Gasteiger partial charge < -0.3 is 10.2 Å². The summed E-state index contributed by atoms with van der Waals surface area (Å²) in [6, 6.07) is 0. The molecule has 2 aliphatic carbocycles. The molecule has 0 heterocycles. The first-order valence-electron chi connectivity index (χ1n) is 7.44. The molecule has 0 aromatic heterocycles. The Labute approximate surface area is 152 Å². The van der Waals surface area contributed by atoms with E-state index in [1.54, 1.807) is 27.7 Å². The molecule has 0 aromatic rings. The summed E-state index contributed by atoms with van der Waals surface area (Å²) in [6.07, 6.45) is 16.1. The fraction of sp³-hybridized carbons (Fsp3) is 0.526. The Morgan fingerprint density at radius 1 is 0.864 bits per heavy atom. The molecule has 2 aliphatic rings. The van der Waals surface area contributed by atoms with Crippen LogP contribution in [0.2, 0.25) is 0 Å². The van der Waals surface area contributed by atoms with E-state index in [-0.39, 0.29) is 12.2 Å². The summed E-state index contributed by atoms with van der Waals surface area (Å²) in [7, 11) is 0. The maximum atomic E-state index is 8.06.